The maximum atomic E-state index is 13.5. The monoisotopic (exact) mass is 456 g/mol. The third-order valence-corrected chi connectivity index (χ3v) is 6.61. The van der Waals surface area contributed by atoms with E-state index in [4.69, 9.17) is 19.4 Å². The number of hydrogen-bond acceptors (Lipinski definition) is 7. The highest BCUT2D eigenvalue weighted by Gasteiger charge is 2.20. The fraction of sp³-hybridized carbons (Fsp3) is 0.280. The summed E-state index contributed by atoms with van der Waals surface area (Å²) in [5.41, 5.74) is 2.11. The third kappa shape index (κ3) is 3.23. The van der Waals surface area contributed by atoms with Crippen molar-refractivity contribution in [1.29, 1.82) is 0 Å². The molecule has 9 nitrogen and oxygen atoms in total. The normalized spacial score (nSPS) is 14.3. The number of aromatic amines is 1. The van der Waals surface area contributed by atoms with Crippen molar-refractivity contribution in [3.63, 3.8) is 0 Å². The summed E-state index contributed by atoms with van der Waals surface area (Å²) in [4.78, 5) is 23.0. The number of nitrogens with zero attached hydrogens (tertiary/aromatic N) is 4. The van der Waals surface area contributed by atoms with Crippen molar-refractivity contribution in [3.05, 3.63) is 58.5 Å². The third-order valence-electron chi connectivity index (χ3n) is 6.61. The van der Waals surface area contributed by atoms with E-state index in [0.717, 1.165) is 11.1 Å². The zero-order chi connectivity index (χ0) is 23.2. The van der Waals surface area contributed by atoms with Crippen LogP contribution in [0.25, 0.3) is 27.6 Å². The van der Waals surface area contributed by atoms with E-state index in [2.05, 4.69) is 15.5 Å². The fourth-order valence-corrected chi connectivity index (χ4v) is 4.89. The van der Waals surface area contributed by atoms with Crippen LogP contribution in [0.2, 0.25) is 0 Å². The molecule has 9 heteroatoms. The van der Waals surface area contributed by atoms with Crippen LogP contribution in [0.4, 0.5) is 11.6 Å². The van der Waals surface area contributed by atoms with E-state index in [1.165, 1.54) is 37.2 Å². The van der Waals surface area contributed by atoms with Crippen molar-refractivity contribution >= 4 is 39.2 Å². The molecule has 0 atom stereocenters. The Morgan fingerprint density at radius 2 is 1.76 bits per heavy atom. The quantitative estimate of drug-likeness (QED) is 0.295. The van der Waals surface area contributed by atoms with Gasteiger partial charge in [0.2, 0.25) is 5.78 Å². The fourth-order valence-electron chi connectivity index (χ4n) is 4.89. The molecule has 172 valence electrons. The largest absolute Gasteiger partial charge is 0.493 e. The molecule has 3 aromatic heterocycles. The minimum absolute atomic E-state index is 0.223. The van der Waals surface area contributed by atoms with Crippen LogP contribution < -0.4 is 20.3 Å². The lowest BCUT2D eigenvalue weighted by molar-refractivity contribution is 0.355. The van der Waals surface area contributed by atoms with Crippen molar-refractivity contribution in [2.75, 3.05) is 19.5 Å². The summed E-state index contributed by atoms with van der Waals surface area (Å²) in [5, 5.41) is 12.2. The van der Waals surface area contributed by atoms with Gasteiger partial charge in [0.05, 0.1) is 30.6 Å². The number of ether oxygens (including phenoxy) is 2. The molecule has 34 heavy (non-hydrogen) atoms. The number of methoxy groups -OCH3 is 2. The number of aromatic nitrogens is 5. The van der Waals surface area contributed by atoms with E-state index >= 15 is 0 Å². The maximum absolute atomic E-state index is 13.5. The van der Waals surface area contributed by atoms with Gasteiger partial charge in [-0.2, -0.15) is 10.1 Å². The molecule has 3 heterocycles. The van der Waals surface area contributed by atoms with E-state index in [1.807, 2.05) is 30.3 Å². The van der Waals surface area contributed by atoms with E-state index in [-0.39, 0.29) is 11.3 Å². The average Bonchev–Trinajstić information content (AvgIpc) is 3.55. The van der Waals surface area contributed by atoms with Crippen molar-refractivity contribution in [2.24, 2.45) is 0 Å². The molecule has 0 amide bonds. The predicted molar refractivity (Wildman–Crippen MR) is 130 cm³/mol. The second kappa shape index (κ2) is 8.02. The highest BCUT2D eigenvalue weighted by Crippen LogP contribution is 2.35. The smallest absolute Gasteiger partial charge is 0.267 e. The minimum atomic E-state index is -0.223. The SMILES string of the molecule is COc1cc2nc3nc(Nc4cc(C5CCCC5)[nH]n4)c4ccccc4n3c(=O)c2cc1OC. The number of H-pyrrole nitrogens is 1. The molecule has 0 bridgehead atoms. The highest BCUT2D eigenvalue weighted by atomic mass is 16.5. The molecule has 0 unspecified atom stereocenters. The molecule has 2 aromatic carbocycles. The number of para-hydroxylation sites is 1. The van der Waals surface area contributed by atoms with Gasteiger partial charge in [0, 0.05) is 29.1 Å². The second-order valence-electron chi connectivity index (χ2n) is 8.57. The number of hydrogen-bond donors (Lipinski definition) is 2. The predicted octanol–water partition coefficient (Wildman–Crippen LogP) is 4.54. The van der Waals surface area contributed by atoms with Crippen LogP contribution in [-0.4, -0.2) is 38.8 Å². The molecule has 0 saturated heterocycles. The zero-order valence-electron chi connectivity index (χ0n) is 19.0. The summed E-state index contributed by atoms with van der Waals surface area (Å²) in [6.07, 6.45) is 4.89. The molecule has 0 spiro atoms. The molecule has 0 aliphatic heterocycles. The summed E-state index contributed by atoms with van der Waals surface area (Å²) >= 11 is 0. The molecule has 2 N–H and O–H groups in total. The van der Waals surface area contributed by atoms with Gasteiger partial charge in [0.25, 0.3) is 5.56 Å². The molecule has 5 aromatic rings. The Hall–Kier alpha value is -4.14. The van der Waals surface area contributed by atoms with E-state index in [0.29, 0.717) is 45.5 Å². The maximum Gasteiger partial charge on any atom is 0.267 e. The lowest BCUT2D eigenvalue weighted by atomic mass is 10.0. The number of rotatable bonds is 5. The van der Waals surface area contributed by atoms with Gasteiger partial charge in [-0.25, -0.2) is 9.38 Å². The van der Waals surface area contributed by atoms with Gasteiger partial charge in [-0.15, -0.1) is 0 Å². The molecule has 1 fully saturated rings. The van der Waals surface area contributed by atoms with Crippen LogP contribution in [0.5, 0.6) is 11.5 Å². The van der Waals surface area contributed by atoms with Crippen LogP contribution in [0.3, 0.4) is 0 Å². The van der Waals surface area contributed by atoms with Gasteiger partial charge in [0.15, 0.2) is 17.3 Å². The van der Waals surface area contributed by atoms with Gasteiger partial charge in [0.1, 0.15) is 5.82 Å². The first kappa shape index (κ1) is 20.5. The second-order valence-corrected chi connectivity index (χ2v) is 8.57. The van der Waals surface area contributed by atoms with E-state index < -0.39 is 0 Å². The Bertz CT molecular complexity index is 1600. The molecule has 1 aliphatic carbocycles. The van der Waals surface area contributed by atoms with E-state index in [1.54, 1.807) is 19.2 Å². The van der Waals surface area contributed by atoms with Crippen molar-refractivity contribution in [1.82, 2.24) is 24.6 Å². The molecule has 1 aliphatic rings. The topological polar surface area (TPSA) is 106 Å². The number of anilines is 2. The summed E-state index contributed by atoms with van der Waals surface area (Å²) in [6.45, 7) is 0. The number of benzene rings is 2. The Balaban J connectivity index is 1.54. The first-order valence-corrected chi connectivity index (χ1v) is 11.4. The van der Waals surface area contributed by atoms with Crippen LogP contribution in [-0.2, 0) is 0 Å². The zero-order valence-corrected chi connectivity index (χ0v) is 19.0. The molecular weight excluding hydrogens is 432 g/mol. The number of fused-ring (bicyclic) bond motifs is 4. The standard InChI is InChI=1S/C25H24N6O3/c1-33-20-11-16-18(12-21(20)34-2)26-25-28-23(15-9-5-6-10-19(15)31(25)24(16)32)27-22-13-17(29-30-22)14-7-3-4-8-14/h5-6,9-14H,3-4,7-8H2,1-2H3,(H2,26,27,28,29,30). The first-order chi connectivity index (χ1) is 16.7. The Morgan fingerprint density at radius 1 is 1.00 bits per heavy atom. The molecular formula is C25H24N6O3. The summed E-state index contributed by atoms with van der Waals surface area (Å²) in [7, 11) is 3.09. The highest BCUT2D eigenvalue weighted by molar-refractivity contribution is 5.94. The van der Waals surface area contributed by atoms with Crippen LogP contribution >= 0.6 is 0 Å². The lowest BCUT2D eigenvalue weighted by Crippen LogP contribution is -2.18. The molecule has 0 radical (unpaired) electrons. The van der Waals surface area contributed by atoms with Crippen molar-refractivity contribution in [2.45, 2.75) is 31.6 Å². The molecule has 1 saturated carbocycles. The Labute approximate surface area is 194 Å². The van der Waals surface area contributed by atoms with Crippen LogP contribution in [0.1, 0.15) is 37.3 Å². The van der Waals surface area contributed by atoms with E-state index in [9.17, 15) is 4.79 Å². The van der Waals surface area contributed by atoms with Gasteiger partial charge < -0.3 is 14.8 Å². The average molecular weight is 457 g/mol. The number of nitrogens with one attached hydrogen (secondary N) is 2. The van der Waals surface area contributed by atoms with Gasteiger partial charge in [-0.05, 0) is 31.0 Å². The lowest BCUT2D eigenvalue weighted by Gasteiger charge is -2.13. The van der Waals surface area contributed by atoms with Gasteiger partial charge in [-0.3, -0.25) is 9.89 Å². The van der Waals surface area contributed by atoms with Crippen molar-refractivity contribution < 1.29 is 9.47 Å². The minimum Gasteiger partial charge on any atom is -0.493 e. The van der Waals surface area contributed by atoms with Crippen LogP contribution in [0, 0.1) is 0 Å². The molecule has 6 rings (SSSR count). The Kier molecular flexibility index (Phi) is 4.83. The summed E-state index contributed by atoms with van der Waals surface area (Å²) in [6, 6.07) is 13.0. The van der Waals surface area contributed by atoms with Gasteiger partial charge >= 0.3 is 0 Å². The van der Waals surface area contributed by atoms with Crippen LogP contribution in [0.15, 0.2) is 47.3 Å². The summed E-state index contributed by atoms with van der Waals surface area (Å²) < 4.78 is 12.3. The van der Waals surface area contributed by atoms with Crippen molar-refractivity contribution in [3.8, 4) is 11.5 Å². The summed E-state index contributed by atoms with van der Waals surface area (Å²) in [5.74, 6) is 3.08. The Morgan fingerprint density at radius 3 is 2.56 bits per heavy atom. The van der Waals surface area contributed by atoms with Gasteiger partial charge in [-0.1, -0.05) is 25.0 Å². The first-order valence-electron chi connectivity index (χ1n) is 11.4.